The Labute approximate surface area is 161 Å². The number of hydrogen-bond acceptors (Lipinski definition) is 3. The molecule has 1 saturated heterocycles. The minimum absolute atomic E-state index is 0.0147. The van der Waals surface area contributed by atoms with Crippen LogP contribution in [-0.2, 0) is 0 Å². The summed E-state index contributed by atoms with van der Waals surface area (Å²) in [5.41, 5.74) is 1.63. The second kappa shape index (κ2) is 7.22. The lowest BCUT2D eigenvalue weighted by Gasteiger charge is -2.43. The summed E-state index contributed by atoms with van der Waals surface area (Å²) < 4.78 is 26.7. The molecule has 0 bridgehead atoms. The average molecular weight is 385 g/mol. The SMILES string of the molecule is CN1c2cc(C(=O)Nc3cc(F)cc(F)c3)ccc2C(=O)N2CCCCCC21. The van der Waals surface area contributed by atoms with Gasteiger partial charge >= 0.3 is 0 Å². The molecule has 2 heterocycles. The van der Waals surface area contributed by atoms with Crippen molar-refractivity contribution in [1.82, 2.24) is 4.90 Å². The number of nitrogens with zero attached hydrogens (tertiary/aromatic N) is 2. The maximum Gasteiger partial charge on any atom is 0.257 e. The van der Waals surface area contributed by atoms with Gasteiger partial charge in [0, 0.05) is 30.9 Å². The first kappa shape index (κ1) is 18.4. The Morgan fingerprint density at radius 3 is 2.57 bits per heavy atom. The molecule has 0 aromatic heterocycles. The molecule has 0 aliphatic carbocycles. The molecular weight excluding hydrogens is 364 g/mol. The summed E-state index contributed by atoms with van der Waals surface area (Å²) in [6, 6.07) is 7.73. The Kier molecular flexibility index (Phi) is 4.75. The van der Waals surface area contributed by atoms with E-state index in [1.54, 1.807) is 18.2 Å². The van der Waals surface area contributed by atoms with Crippen molar-refractivity contribution < 1.29 is 18.4 Å². The minimum Gasteiger partial charge on any atom is -0.354 e. The predicted molar refractivity (Wildman–Crippen MR) is 102 cm³/mol. The Morgan fingerprint density at radius 1 is 1.07 bits per heavy atom. The molecule has 1 atom stereocenters. The van der Waals surface area contributed by atoms with Crippen molar-refractivity contribution in [2.75, 3.05) is 23.8 Å². The summed E-state index contributed by atoms with van der Waals surface area (Å²) in [6.07, 6.45) is 4.02. The van der Waals surface area contributed by atoms with E-state index in [0.717, 1.165) is 50.4 Å². The second-order valence-corrected chi connectivity index (χ2v) is 7.28. The molecule has 2 aromatic carbocycles. The zero-order valence-corrected chi connectivity index (χ0v) is 15.5. The topological polar surface area (TPSA) is 52.7 Å². The largest absolute Gasteiger partial charge is 0.354 e. The number of benzene rings is 2. The number of hydrogen-bond donors (Lipinski definition) is 1. The van der Waals surface area contributed by atoms with Gasteiger partial charge in [0.15, 0.2) is 0 Å². The minimum atomic E-state index is -0.764. The third-order valence-electron chi connectivity index (χ3n) is 5.42. The Balaban J connectivity index is 1.63. The zero-order chi connectivity index (χ0) is 19.8. The third kappa shape index (κ3) is 3.32. The van der Waals surface area contributed by atoms with Gasteiger partial charge in [0.1, 0.15) is 17.8 Å². The summed E-state index contributed by atoms with van der Waals surface area (Å²) in [4.78, 5) is 29.4. The van der Waals surface area contributed by atoms with E-state index in [9.17, 15) is 18.4 Å². The monoisotopic (exact) mass is 385 g/mol. The maximum absolute atomic E-state index is 13.4. The molecule has 2 aromatic rings. The Hall–Kier alpha value is -2.96. The van der Waals surface area contributed by atoms with Gasteiger partial charge in [0.05, 0.1) is 11.3 Å². The van der Waals surface area contributed by atoms with Crippen LogP contribution in [0.25, 0.3) is 0 Å². The van der Waals surface area contributed by atoms with Gasteiger partial charge in [-0.2, -0.15) is 0 Å². The maximum atomic E-state index is 13.4. The van der Waals surface area contributed by atoms with E-state index < -0.39 is 17.5 Å². The highest BCUT2D eigenvalue weighted by Gasteiger charge is 2.36. The molecular formula is C21H21F2N3O2. The van der Waals surface area contributed by atoms with E-state index in [0.29, 0.717) is 16.8 Å². The van der Waals surface area contributed by atoms with Crippen LogP contribution in [0.2, 0.25) is 0 Å². The fraction of sp³-hybridized carbons (Fsp3) is 0.333. The van der Waals surface area contributed by atoms with Crippen LogP contribution in [0.3, 0.4) is 0 Å². The van der Waals surface area contributed by atoms with Crippen molar-refractivity contribution in [3.8, 4) is 0 Å². The lowest BCUT2D eigenvalue weighted by atomic mass is 10.0. The summed E-state index contributed by atoms with van der Waals surface area (Å²) in [7, 11) is 1.93. The van der Waals surface area contributed by atoms with Gasteiger partial charge in [-0.15, -0.1) is 0 Å². The number of carbonyl (C=O) groups is 2. The van der Waals surface area contributed by atoms with Crippen LogP contribution in [0.4, 0.5) is 20.2 Å². The molecule has 28 heavy (non-hydrogen) atoms. The number of rotatable bonds is 2. The molecule has 7 heteroatoms. The molecule has 1 unspecified atom stereocenters. The van der Waals surface area contributed by atoms with Crippen LogP contribution in [0, 0.1) is 11.6 Å². The number of fused-ring (bicyclic) bond motifs is 2. The van der Waals surface area contributed by atoms with Gasteiger partial charge in [-0.1, -0.05) is 6.42 Å². The van der Waals surface area contributed by atoms with Gasteiger partial charge < -0.3 is 15.1 Å². The average Bonchev–Trinajstić information content (AvgIpc) is 2.91. The highest BCUT2D eigenvalue weighted by Crippen LogP contribution is 2.34. The van der Waals surface area contributed by atoms with Gasteiger partial charge in [0.25, 0.3) is 11.8 Å². The van der Waals surface area contributed by atoms with Crippen molar-refractivity contribution in [3.63, 3.8) is 0 Å². The number of nitrogens with one attached hydrogen (secondary N) is 1. The van der Waals surface area contributed by atoms with E-state index in [4.69, 9.17) is 0 Å². The molecule has 2 aliphatic heterocycles. The van der Waals surface area contributed by atoms with Crippen molar-refractivity contribution >= 4 is 23.2 Å². The standard InChI is InChI=1S/C21H21F2N3O2/c1-25-18-9-13(20(27)24-16-11-14(22)10-15(23)12-16)6-7-17(18)21(28)26-8-4-2-3-5-19(25)26/h6-7,9-12,19H,2-5,8H2,1H3,(H,24,27). The molecule has 4 rings (SSSR count). The fourth-order valence-electron chi connectivity index (χ4n) is 4.02. The van der Waals surface area contributed by atoms with E-state index in [1.807, 2.05) is 16.8 Å². The van der Waals surface area contributed by atoms with Crippen LogP contribution < -0.4 is 10.2 Å². The first-order valence-corrected chi connectivity index (χ1v) is 9.39. The van der Waals surface area contributed by atoms with Crippen LogP contribution in [0.5, 0.6) is 0 Å². The Bertz CT molecular complexity index is 927. The van der Waals surface area contributed by atoms with Crippen molar-refractivity contribution in [2.24, 2.45) is 0 Å². The molecule has 2 amide bonds. The second-order valence-electron chi connectivity index (χ2n) is 7.28. The molecule has 2 aliphatic rings. The molecule has 0 spiro atoms. The van der Waals surface area contributed by atoms with Gasteiger partial charge in [0.2, 0.25) is 0 Å². The number of amides is 2. The van der Waals surface area contributed by atoms with Gasteiger partial charge in [-0.3, -0.25) is 9.59 Å². The smallest absolute Gasteiger partial charge is 0.257 e. The fourth-order valence-corrected chi connectivity index (χ4v) is 4.02. The molecule has 146 valence electrons. The lowest BCUT2D eigenvalue weighted by molar-refractivity contribution is 0.0661. The molecule has 0 saturated carbocycles. The van der Waals surface area contributed by atoms with Crippen molar-refractivity contribution in [3.05, 3.63) is 59.2 Å². The van der Waals surface area contributed by atoms with Crippen LogP contribution in [0.15, 0.2) is 36.4 Å². The summed E-state index contributed by atoms with van der Waals surface area (Å²) in [5, 5.41) is 2.51. The number of carbonyl (C=O) groups excluding carboxylic acids is 2. The van der Waals surface area contributed by atoms with E-state index in [1.165, 1.54) is 0 Å². The summed E-state index contributed by atoms with van der Waals surface area (Å²) in [6.45, 7) is 0.737. The lowest BCUT2D eigenvalue weighted by Crippen LogP contribution is -2.53. The van der Waals surface area contributed by atoms with Gasteiger partial charge in [-0.05, 0) is 49.6 Å². The van der Waals surface area contributed by atoms with E-state index in [2.05, 4.69) is 5.32 Å². The van der Waals surface area contributed by atoms with Crippen LogP contribution in [-0.4, -0.2) is 36.5 Å². The zero-order valence-electron chi connectivity index (χ0n) is 15.5. The predicted octanol–water partition coefficient (Wildman–Crippen LogP) is 4.01. The molecule has 5 nitrogen and oxygen atoms in total. The number of anilines is 2. The first-order chi connectivity index (χ1) is 13.4. The molecule has 0 radical (unpaired) electrons. The van der Waals surface area contributed by atoms with Crippen LogP contribution in [0.1, 0.15) is 46.4 Å². The normalized spacial score (nSPS) is 19.0. The summed E-state index contributed by atoms with van der Waals surface area (Å²) in [5.74, 6) is -2.03. The molecule has 1 N–H and O–H groups in total. The highest BCUT2D eigenvalue weighted by molar-refractivity contribution is 6.08. The van der Waals surface area contributed by atoms with Gasteiger partial charge in [-0.25, -0.2) is 8.78 Å². The molecule has 1 fully saturated rings. The van der Waals surface area contributed by atoms with Crippen molar-refractivity contribution in [1.29, 1.82) is 0 Å². The van der Waals surface area contributed by atoms with E-state index >= 15 is 0 Å². The highest BCUT2D eigenvalue weighted by atomic mass is 19.1. The van der Waals surface area contributed by atoms with Crippen molar-refractivity contribution in [2.45, 2.75) is 31.8 Å². The summed E-state index contributed by atoms with van der Waals surface area (Å²) >= 11 is 0. The Morgan fingerprint density at radius 2 is 1.82 bits per heavy atom. The third-order valence-corrected chi connectivity index (χ3v) is 5.42. The quantitative estimate of drug-likeness (QED) is 0.850. The van der Waals surface area contributed by atoms with E-state index in [-0.39, 0.29) is 17.8 Å². The first-order valence-electron chi connectivity index (χ1n) is 9.39. The van der Waals surface area contributed by atoms with Crippen LogP contribution >= 0.6 is 0 Å². The number of halogens is 2.